The van der Waals surface area contributed by atoms with Crippen molar-refractivity contribution in [2.24, 2.45) is 0 Å². The van der Waals surface area contributed by atoms with Gasteiger partial charge in [0.2, 0.25) is 0 Å². The Bertz CT molecular complexity index is 1120. The van der Waals surface area contributed by atoms with Crippen LogP contribution in [0.1, 0.15) is 21.7 Å². The fraction of sp³-hybridized carbons (Fsp3) is 0.100. The van der Waals surface area contributed by atoms with Crippen molar-refractivity contribution in [3.63, 3.8) is 0 Å². The molecule has 0 bridgehead atoms. The summed E-state index contributed by atoms with van der Waals surface area (Å²) in [6.45, 7) is 2.28. The van der Waals surface area contributed by atoms with Crippen LogP contribution < -0.4 is 5.32 Å². The Labute approximate surface area is 160 Å². The summed E-state index contributed by atoms with van der Waals surface area (Å²) in [5.74, 6) is 0.560. The van der Waals surface area contributed by atoms with E-state index in [1.54, 1.807) is 36.8 Å². The van der Waals surface area contributed by atoms with E-state index in [1.807, 2.05) is 35.8 Å². The lowest BCUT2D eigenvalue weighted by atomic mass is 10.1. The quantitative estimate of drug-likeness (QED) is 0.588. The molecule has 4 rings (SSSR count). The highest BCUT2D eigenvalue weighted by atomic mass is 35.5. The minimum Gasteiger partial charge on any atom is -0.348 e. The lowest BCUT2D eigenvalue weighted by molar-refractivity contribution is 0.0951. The van der Waals surface area contributed by atoms with E-state index in [0.717, 1.165) is 16.9 Å². The third-order valence-electron chi connectivity index (χ3n) is 4.21. The first-order chi connectivity index (χ1) is 13.1. The molecule has 1 aromatic carbocycles. The summed E-state index contributed by atoms with van der Waals surface area (Å²) in [6, 6.07) is 12.6. The van der Waals surface area contributed by atoms with Gasteiger partial charge in [-0.15, -0.1) is 0 Å². The van der Waals surface area contributed by atoms with Crippen molar-refractivity contribution in [3.05, 3.63) is 83.0 Å². The second-order valence-corrected chi connectivity index (χ2v) is 6.46. The number of aryl methyl sites for hydroxylation is 1. The Balaban J connectivity index is 1.67. The number of carbonyl (C=O) groups is 1. The zero-order chi connectivity index (χ0) is 18.8. The predicted molar refractivity (Wildman–Crippen MR) is 104 cm³/mol. The molecular formula is C20H16ClN5O. The van der Waals surface area contributed by atoms with Gasteiger partial charge in [0.1, 0.15) is 11.3 Å². The third kappa shape index (κ3) is 3.39. The first kappa shape index (κ1) is 17.2. The van der Waals surface area contributed by atoms with Crippen molar-refractivity contribution >= 4 is 28.7 Å². The molecule has 6 nitrogen and oxygen atoms in total. The third-order valence-corrected chi connectivity index (χ3v) is 4.53. The van der Waals surface area contributed by atoms with Crippen molar-refractivity contribution < 1.29 is 4.79 Å². The molecule has 0 saturated heterocycles. The molecule has 3 heterocycles. The minimum atomic E-state index is -0.188. The second kappa shape index (κ2) is 7.17. The first-order valence-corrected chi connectivity index (χ1v) is 8.78. The van der Waals surface area contributed by atoms with Crippen molar-refractivity contribution in [3.8, 4) is 5.69 Å². The number of pyridine rings is 2. The van der Waals surface area contributed by atoms with Crippen LogP contribution in [0.3, 0.4) is 0 Å². The largest absolute Gasteiger partial charge is 0.348 e. The molecule has 0 atom stereocenters. The molecule has 0 saturated carbocycles. The monoisotopic (exact) mass is 377 g/mol. The van der Waals surface area contributed by atoms with Crippen molar-refractivity contribution in [2.45, 2.75) is 13.5 Å². The molecule has 134 valence electrons. The number of nitrogens with zero attached hydrogens (tertiary/aromatic N) is 4. The van der Waals surface area contributed by atoms with Crippen LogP contribution in [-0.2, 0) is 6.54 Å². The number of aromatic nitrogens is 4. The number of halogens is 1. The number of benzene rings is 1. The fourth-order valence-corrected chi connectivity index (χ4v) is 3.13. The maximum absolute atomic E-state index is 12.6. The highest BCUT2D eigenvalue weighted by Gasteiger charge is 2.15. The number of nitrogens with one attached hydrogen (secondary N) is 1. The van der Waals surface area contributed by atoms with Crippen LogP contribution in [0.2, 0.25) is 5.02 Å². The van der Waals surface area contributed by atoms with E-state index in [1.165, 1.54) is 0 Å². The van der Waals surface area contributed by atoms with Gasteiger partial charge in [-0.05, 0) is 48.9 Å². The summed E-state index contributed by atoms with van der Waals surface area (Å²) in [6.07, 6.45) is 5.13. The highest BCUT2D eigenvalue weighted by Crippen LogP contribution is 2.26. The van der Waals surface area contributed by atoms with Crippen LogP contribution in [0.25, 0.3) is 16.9 Å². The van der Waals surface area contributed by atoms with Crippen LogP contribution >= 0.6 is 11.6 Å². The van der Waals surface area contributed by atoms with Gasteiger partial charge in [-0.1, -0.05) is 17.7 Å². The summed E-state index contributed by atoms with van der Waals surface area (Å²) < 4.78 is 1.86. The topological polar surface area (TPSA) is 72.7 Å². The molecule has 7 heteroatoms. The predicted octanol–water partition coefficient (Wildman–Crippen LogP) is 3.71. The van der Waals surface area contributed by atoms with Gasteiger partial charge >= 0.3 is 0 Å². The summed E-state index contributed by atoms with van der Waals surface area (Å²) >= 11 is 6.42. The van der Waals surface area contributed by atoms with E-state index >= 15 is 0 Å². The zero-order valence-electron chi connectivity index (χ0n) is 14.6. The molecule has 4 aromatic rings. The SMILES string of the molecule is Cc1nc2cccnc2n1-c1cc(C(=O)NCc2cccnc2)ccc1Cl. The molecule has 27 heavy (non-hydrogen) atoms. The summed E-state index contributed by atoms with van der Waals surface area (Å²) in [7, 11) is 0. The van der Waals surface area contributed by atoms with Gasteiger partial charge in [0.05, 0.1) is 10.7 Å². The first-order valence-electron chi connectivity index (χ1n) is 8.40. The van der Waals surface area contributed by atoms with E-state index in [4.69, 9.17) is 11.6 Å². The summed E-state index contributed by atoms with van der Waals surface area (Å²) in [4.78, 5) is 25.6. The standard InChI is InChI=1S/C20H16ClN5O/c1-13-25-17-5-3-9-23-19(17)26(13)18-10-15(6-7-16(18)21)20(27)24-12-14-4-2-8-22-11-14/h2-11H,12H2,1H3,(H,24,27). The smallest absolute Gasteiger partial charge is 0.251 e. The van der Waals surface area contributed by atoms with Crippen LogP contribution in [0.5, 0.6) is 0 Å². The molecule has 0 aliphatic carbocycles. The molecule has 0 aliphatic heterocycles. The number of amides is 1. The number of carbonyl (C=O) groups excluding carboxylic acids is 1. The van der Waals surface area contributed by atoms with Gasteiger partial charge in [0, 0.05) is 30.7 Å². The molecule has 1 N–H and O–H groups in total. The second-order valence-electron chi connectivity index (χ2n) is 6.05. The molecule has 0 spiro atoms. The number of imidazole rings is 1. The number of hydrogen-bond donors (Lipinski definition) is 1. The van der Waals surface area contributed by atoms with Crippen LogP contribution in [0, 0.1) is 6.92 Å². The molecular weight excluding hydrogens is 362 g/mol. The average Bonchev–Trinajstić information content (AvgIpc) is 3.03. The normalized spacial score (nSPS) is 10.9. The van der Waals surface area contributed by atoms with Gasteiger partial charge in [0.25, 0.3) is 5.91 Å². The Hall–Kier alpha value is -3.25. The molecule has 0 radical (unpaired) electrons. The molecule has 1 amide bonds. The van der Waals surface area contributed by atoms with Gasteiger partial charge in [-0.3, -0.25) is 14.3 Å². The highest BCUT2D eigenvalue weighted by molar-refractivity contribution is 6.32. The van der Waals surface area contributed by atoms with E-state index in [9.17, 15) is 4.79 Å². The average molecular weight is 378 g/mol. The Kier molecular flexibility index (Phi) is 4.56. The van der Waals surface area contributed by atoms with E-state index < -0.39 is 0 Å². The number of rotatable bonds is 4. The van der Waals surface area contributed by atoms with E-state index in [-0.39, 0.29) is 5.91 Å². The van der Waals surface area contributed by atoms with Crippen molar-refractivity contribution in [2.75, 3.05) is 0 Å². The van der Waals surface area contributed by atoms with Crippen LogP contribution in [-0.4, -0.2) is 25.4 Å². The summed E-state index contributed by atoms with van der Waals surface area (Å²) in [5.41, 5.74) is 3.59. The molecule has 0 fully saturated rings. The zero-order valence-corrected chi connectivity index (χ0v) is 15.3. The maximum Gasteiger partial charge on any atom is 0.251 e. The maximum atomic E-state index is 12.6. The van der Waals surface area contributed by atoms with Gasteiger partial charge in [0.15, 0.2) is 5.65 Å². The minimum absolute atomic E-state index is 0.188. The van der Waals surface area contributed by atoms with Crippen molar-refractivity contribution in [1.82, 2.24) is 24.8 Å². The summed E-state index contributed by atoms with van der Waals surface area (Å²) in [5, 5.41) is 3.42. The number of hydrogen-bond acceptors (Lipinski definition) is 4. The Morgan fingerprint density at radius 2 is 2.04 bits per heavy atom. The lowest BCUT2D eigenvalue weighted by Crippen LogP contribution is -2.23. The molecule has 3 aromatic heterocycles. The lowest BCUT2D eigenvalue weighted by Gasteiger charge is -2.11. The fourth-order valence-electron chi connectivity index (χ4n) is 2.93. The van der Waals surface area contributed by atoms with Crippen LogP contribution in [0.4, 0.5) is 0 Å². The Morgan fingerprint density at radius 3 is 2.85 bits per heavy atom. The number of fused-ring (bicyclic) bond motifs is 1. The van der Waals surface area contributed by atoms with Gasteiger partial charge in [-0.25, -0.2) is 9.97 Å². The van der Waals surface area contributed by atoms with E-state index in [0.29, 0.717) is 28.5 Å². The molecule has 0 unspecified atom stereocenters. The molecule has 0 aliphatic rings. The van der Waals surface area contributed by atoms with E-state index in [2.05, 4.69) is 20.3 Å². The van der Waals surface area contributed by atoms with Crippen LogP contribution in [0.15, 0.2) is 61.1 Å². The Morgan fingerprint density at radius 1 is 1.19 bits per heavy atom. The van der Waals surface area contributed by atoms with Gasteiger partial charge in [-0.2, -0.15) is 0 Å². The van der Waals surface area contributed by atoms with Crippen molar-refractivity contribution in [1.29, 1.82) is 0 Å². The van der Waals surface area contributed by atoms with Gasteiger partial charge < -0.3 is 5.32 Å².